The van der Waals surface area contributed by atoms with Crippen LogP contribution in [0.15, 0.2) is 77.5 Å². The number of nitrogens with zero attached hydrogens (tertiary/aromatic N) is 2. The largest absolute Gasteiger partial charge is 0.497 e. The first-order valence-electron chi connectivity index (χ1n) is 9.86. The van der Waals surface area contributed by atoms with Gasteiger partial charge in [-0.3, -0.25) is 4.79 Å². The number of hydrogen-bond donors (Lipinski definition) is 2. The number of aryl methyl sites for hydroxylation is 1. The van der Waals surface area contributed by atoms with Gasteiger partial charge in [0.1, 0.15) is 23.3 Å². The van der Waals surface area contributed by atoms with Gasteiger partial charge in [0.2, 0.25) is 0 Å². The third-order valence-electron chi connectivity index (χ3n) is 4.93. The number of amides is 1. The molecule has 31 heavy (non-hydrogen) atoms. The van der Waals surface area contributed by atoms with Gasteiger partial charge in [-0.15, -0.1) is 0 Å². The number of aromatic nitrogens is 2. The van der Waals surface area contributed by atoms with Gasteiger partial charge in [0.05, 0.1) is 31.2 Å². The summed E-state index contributed by atoms with van der Waals surface area (Å²) in [6.45, 7) is 2.03. The van der Waals surface area contributed by atoms with Gasteiger partial charge in [0, 0.05) is 11.8 Å². The van der Waals surface area contributed by atoms with Gasteiger partial charge in [0.25, 0.3) is 5.91 Å². The molecule has 2 aromatic carbocycles. The van der Waals surface area contributed by atoms with Crippen LogP contribution in [0, 0.1) is 6.92 Å². The minimum Gasteiger partial charge on any atom is -0.497 e. The molecule has 4 rings (SSSR count). The normalized spacial score (nSPS) is 11.8. The molecule has 0 aliphatic rings. The van der Waals surface area contributed by atoms with Crippen LogP contribution < -0.4 is 10.1 Å². The lowest BCUT2D eigenvalue weighted by Gasteiger charge is -2.10. The van der Waals surface area contributed by atoms with Crippen molar-refractivity contribution in [1.29, 1.82) is 0 Å². The van der Waals surface area contributed by atoms with Crippen LogP contribution in [0.2, 0.25) is 0 Å². The van der Waals surface area contributed by atoms with E-state index in [9.17, 15) is 9.90 Å². The summed E-state index contributed by atoms with van der Waals surface area (Å²) in [5, 5.41) is 17.7. The molecule has 0 aliphatic carbocycles. The molecular formula is C24H23N3O4. The van der Waals surface area contributed by atoms with E-state index in [2.05, 4.69) is 10.4 Å². The van der Waals surface area contributed by atoms with E-state index in [4.69, 9.17) is 9.15 Å². The molecule has 2 N–H and O–H groups in total. The number of nitrogens with one attached hydrogen (secondary N) is 1. The number of benzene rings is 2. The first-order chi connectivity index (χ1) is 15.0. The second-order valence-corrected chi connectivity index (χ2v) is 7.14. The van der Waals surface area contributed by atoms with Crippen molar-refractivity contribution in [1.82, 2.24) is 15.1 Å². The fourth-order valence-electron chi connectivity index (χ4n) is 3.22. The molecule has 0 saturated carbocycles. The molecule has 0 radical (unpaired) electrons. The number of methoxy groups -OCH3 is 1. The maximum absolute atomic E-state index is 13.0. The molecule has 4 aromatic rings. The van der Waals surface area contributed by atoms with Crippen molar-refractivity contribution in [2.45, 2.75) is 13.0 Å². The molecule has 1 atom stereocenters. The number of carbonyl (C=O) groups is 1. The lowest BCUT2D eigenvalue weighted by Crippen LogP contribution is -2.28. The van der Waals surface area contributed by atoms with E-state index in [0.717, 1.165) is 16.8 Å². The van der Waals surface area contributed by atoms with Crippen molar-refractivity contribution >= 4 is 5.91 Å². The van der Waals surface area contributed by atoms with Crippen LogP contribution in [0.4, 0.5) is 0 Å². The molecule has 0 spiro atoms. The number of ether oxygens (including phenoxy) is 1. The Morgan fingerprint density at radius 1 is 1.19 bits per heavy atom. The standard InChI is InChI=1S/C24H23N3O4/c1-16-8-10-18(11-9-16)27-15-20(23(26-27)17-5-3-6-19(13-17)30-2)24(29)25-14-21(28)22-7-4-12-31-22/h3-13,15,21,28H,14H2,1-2H3,(H,25,29). The number of furan rings is 1. The first-order valence-corrected chi connectivity index (χ1v) is 9.86. The van der Waals surface area contributed by atoms with Crippen molar-refractivity contribution < 1.29 is 19.1 Å². The smallest absolute Gasteiger partial charge is 0.255 e. The summed E-state index contributed by atoms with van der Waals surface area (Å²) in [4.78, 5) is 13.0. The Kier molecular flexibility index (Phi) is 5.86. The van der Waals surface area contributed by atoms with E-state index in [1.807, 2.05) is 55.5 Å². The summed E-state index contributed by atoms with van der Waals surface area (Å²) in [6, 6.07) is 18.6. The average molecular weight is 417 g/mol. The summed E-state index contributed by atoms with van der Waals surface area (Å²) < 4.78 is 12.2. The molecule has 1 unspecified atom stereocenters. The molecule has 0 bridgehead atoms. The van der Waals surface area contributed by atoms with Crippen LogP contribution in [-0.4, -0.2) is 34.4 Å². The van der Waals surface area contributed by atoms with Crippen LogP contribution in [-0.2, 0) is 0 Å². The molecule has 2 heterocycles. The average Bonchev–Trinajstić information content (AvgIpc) is 3.48. The monoisotopic (exact) mass is 417 g/mol. The van der Waals surface area contributed by atoms with E-state index in [1.165, 1.54) is 6.26 Å². The number of hydrogen-bond acceptors (Lipinski definition) is 5. The lowest BCUT2D eigenvalue weighted by atomic mass is 10.1. The molecule has 0 saturated heterocycles. The Labute approximate surface area is 179 Å². The minimum atomic E-state index is -0.939. The molecular weight excluding hydrogens is 394 g/mol. The van der Waals surface area contributed by atoms with Crippen LogP contribution in [0.1, 0.15) is 27.8 Å². The second kappa shape index (κ2) is 8.89. The van der Waals surface area contributed by atoms with Crippen molar-refractivity contribution in [3.63, 3.8) is 0 Å². The molecule has 158 valence electrons. The first kappa shape index (κ1) is 20.4. The minimum absolute atomic E-state index is 0.0135. The van der Waals surface area contributed by atoms with Crippen LogP contribution in [0.3, 0.4) is 0 Å². The van der Waals surface area contributed by atoms with E-state index in [-0.39, 0.29) is 12.5 Å². The van der Waals surface area contributed by atoms with E-state index in [0.29, 0.717) is 22.8 Å². The van der Waals surface area contributed by atoms with Gasteiger partial charge in [0.15, 0.2) is 0 Å². The zero-order valence-electron chi connectivity index (χ0n) is 17.3. The maximum Gasteiger partial charge on any atom is 0.255 e. The topological polar surface area (TPSA) is 89.5 Å². The number of aliphatic hydroxyl groups is 1. The van der Waals surface area contributed by atoms with Crippen LogP contribution in [0.5, 0.6) is 5.75 Å². The molecule has 7 heteroatoms. The van der Waals surface area contributed by atoms with Crippen molar-refractivity contribution in [2.75, 3.05) is 13.7 Å². The maximum atomic E-state index is 13.0. The highest BCUT2D eigenvalue weighted by atomic mass is 16.5. The molecule has 0 aliphatic heterocycles. The van der Waals surface area contributed by atoms with Gasteiger partial charge >= 0.3 is 0 Å². The van der Waals surface area contributed by atoms with Gasteiger partial charge in [-0.05, 0) is 43.3 Å². The Morgan fingerprint density at radius 2 is 2.00 bits per heavy atom. The third-order valence-corrected chi connectivity index (χ3v) is 4.93. The predicted octanol–water partition coefficient (Wildman–Crippen LogP) is 3.91. The number of rotatable bonds is 7. The number of carbonyl (C=O) groups excluding carboxylic acids is 1. The lowest BCUT2D eigenvalue weighted by molar-refractivity contribution is 0.0901. The predicted molar refractivity (Wildman–Crippen MR) is 116 cm³/mol. The van der Waals surface area contributed by atoms with Gasteiger partial charge in [-0.2, -0.15) is 5.10 Å². The highest BCUT2D eigenvalue weighted by molar-refractivity contribution is 6.00. The molecule has 2 aromatic heterocycles. The zero-order chi connectivity index (χ0) is 21.8. The van der Waals surface area contributed by atoms with E-state index < -0.39 is 6.10 Å². The summed E-state index contributed by atoms with van der Waals surface area (Å²) >= 11 is 0. The molecule has 0 fully saturated rings. The van der Waals surface area contributed by atoms with Gasteiger partial charge in [-0.25, -0.2) is 4.68 Å². The zero-order valence-corrected chi connectivity index (χ0v) is 17.3. The van der Waals surface area contributed by atoms with Crippen molar-refractivity contribution in [3.05, 3.63) is 90.0 Å². The molecule has 7 nitrogen and oxygen atoms in total. The summed E-state index contributed by atoms with van der Waals surface area (Å²) in [7, 11) is 1.59. The Bertz CT molecular complexity index is 1160. The Balaban J connectivity index is 1.67. The Hall–Kier alpha value is -3.84. The van der Waals surface area contributed by atoms with Crippen LogP contribution >= 0.6 is 0 Å². The van der Waals surface area contributed by atoms with E-state index >= 15 is 0 Å². The summed E-state index contributed by atoms with van der Waals surface area (Å²) in [5.41, 5.74) is 3.63. The SMILES string of the molecule is COc1cccc(-c2nn(-c3ccc(C)cc3)cc2C(=O)NCC(O)c2ccco2)c1. The fourth-order valence-corrected chi connectivity index (χ4v) is 3.22. The van der Waals surface area contributed by atoms with Crippen molar-refractivity contribution in [3.8, 4) is 22.7 Å². The van der Waals surface area contributed by atoms with Crippen LogP contribution in [0.25, 0.3) is 16.9 Å². The highest BCUT2D eigenvalue weighted by Crippen LogP contribution is 2.27. The van der Waals surface area contributed by atoms with Gasteiger partial charge in [-0.1, -0.05) is 29.8 Å². The quantitative estimate of drug-likeness (QED) is 0.476. The van der Waals surface area contributed by atoms with Gasteiger partial charge < -0.3 is 19.6 Å². The van der Waals surface area contributed by atoms with Crippen molar-refractivity contribution in [2.24, 2.45) is 0 Å². The Morgan fingerprint density at radius 3 is 2.71 bits per heavy atom. The summed E-state index contributed by atoms with van der Waals surface area (Å²) in [6.07, 6.45) is 2.23. The highest BCUT2D eigenvalue weighted by Gasteiger charge is 2.20. The van der Waals surface area contributed by atoms with E-state index in [1.54, 1.807) is 30.1 Å². The third kappa shape index (κ3) is 4.51. The molecule has 1 amide bonds. The fraction of sp³-hybridized carbons (Fsp3) is 0.167. The summed E-state index contributed by atoms with van der Waals surface area (Å²) in [5.74, 6) is 0.715. The number of aliphatic hydroxyl groups excluding tert-OH is 1. The second-order valence-electron chi connectivity index (χ2n) is 7.14.